The number of phenols is 1. The number of nitrogens with two attached hydrogens (primary N) is 1. The molecule has 6 N–H and O–H groups in total. The number of primary amides is 1. The van der Waals surface area contributed by atoms with Crippen molar-refractivity contribution in [3.05, 3.63) is 63.1 Å². The van der Waals surface area contributed by atoms with Gasteiger partial charge in [0.15, 0.2) is 11.4 Å². The number of amides is 1. The minimum Gasteiger partial charge on any atom is -0.511 e. The second kappa shape index (κ2) is 8.26. The lowest BCUT2D eigenvalue weighted by molar-refractivity contribution is -0.144. The molecule has 180 valence electrons. The summed E-state index contributed by atoms with van der Waals surface area (Å²) in [7, 11) is 1.80. The van der Waals surface area contributed by atoms with Gasteiger partial charge in [-0.25, -0.2) is 0 Å². The lowest BCUT2D eigenvalue weighted by Crippen LogP contribution is -2.57. The van der Waals surface area contributed by atoms with Crippen molar-refractivity contribution in [1.29, 1.82) is 0 Å². The van der Waals surface area contributed by atoms with Gasteiger partial charge in [-0.05, 0) is 37.4 Å². The molecule has 1 aromatic carbocycles. The molecule has 10 heteroatoms. The maximum Gasteiger partial charge on any atom is 0.255 e. The predicted molar refractivity (Wildman–Crippen MR) is 122 cm³/mol. The summed E-state index contributed by atoms with van der Waals surface area (Å²) in [5.41, 5.74) is 2.31. The van der Waals surface area contributed by atoms with Crippen LogP contribution in [0.1, 0.15) is 34.3 Å². The van der Waals surface area contributed by atoms with Crippen molar-refractivity contribution >= 4 is 29.1 Å². The van der Waals surface area contributed by atoms with Crippen molar-refractivity contribution in [1.82, 2.24) is 4.90 Å². The van der Waals surface area contributed by atoms with Gasteiger partial charge in [0, 0.05) is 41.6 Å². The predicted octanol–water partition coefficient (Wildman–Crippen LogP) is 1.85. The number of allylic oxidation sites excluding steroid dienone is 2. The van der Waals surface area contributed by atoms with E-state index in [4.69, 9.17) is 17.3 Å². The molecule has 0 aromatic heterocycles. The maximum atomic E-state index is 13.6. The second-order valence-corrected chi connectivity index (χ2v) is 9.52. The molecular formula is C24H25ClN2O7. The molecule has 0 heterocycles. The monoisotopic (exact) mass is 488 g/mol. The molecule has 0 saturated carbocycles. The Morgan fingerprint density at radius 3 is 2.62 bits per heavy atom. The average molecular weight is 489 g/mol. The molecule has 0 unspecified atom stereocenters. The van der Waals surface area contributed by atoms with Gasteiger partial charge in [-0.15, -0.1) is 6.58 Å². The molecule has 1 aromatic rings. The molecule has 9 nitrogen and oxygen atoms in total. The average Bonchev–Trinajstić information content (AvgIpc) is 2.74. The van der Waals surface area contributed by atoms with Crippen LogP contribution in [0.5, 0.6) is 5.75 Å². The second-order valence-electron chi connectivity index (χ2n) is 9.12. The summed E-state index contributed by atoms with van der Waals surface area (Å²) in [6.07, 6.45) is 1.64. The van der Waals surface area contributed by atoms with Crippen LogP contribution in [-0.2, 0) is 22.6 Å². The minimum absolute atomic E-state index is 0.0594. The fourth-order valence-corrected chi connectivity index (χ4v) is 5.69. The van der Waals surface area contributed by atoms with Crippen LogP contribution < -0.4 is 5.73 Å². The SMILES string of the molecule is C=CCN(C)Cc1cc(Cl)c2c(c1O)C(=O)C1=C(O)[C@]3(O)C(=O)C(C(N)=O)=C(O)C[C@@H]3C[C@@H]1C2. The summed E-state index contributed by atoms with van der Waals surface area (Å²) in [4.78, 5) is 40.1. The highest BCUT2D eigenvalue weighted by Crippen LogP contribution is 2.52. The van der Waals surface area contributed by atoms with E-state index in [-0.39, 0.29) is 47.7 Å². The van der Waals surface area contributed by atoms with E-state index >= 15 is 0 Å². The molecule has 0 bridgehead atoms. The third kappa shape index (κ3) is 3.34. The number of phenolic OH excluding ortho intramolecular Hbond substituents is 1. The molecule has 0 radical (unpaired) electrons. The number of carbonyl (C=O) groups is 3. The number of aliphatic hydroxyl groups excluding tert-OH is 2. The summed E-state index contributed by atoms with van der Waals surface area (Å²) in [6, 6.07) is 1.59. The topological polar surface area (TPSA) is 161 Å². The van der Waals surface area contributed by atoms with Crippen LogP contribution in [0.4, 0.5) is 0 Å². The van der Waals surface area contributed by atoms with E-state index in [0.717, 1.165) is 0 Å². The number of halogens is 1. The molecule has 0 fully saturated rings. The molecule has 0 spiro atoms. The zero-order valence-electron chi connectivity index (χ0n) is 18.5. The lowest BCUT2D eigenvalue weighted by atomic mass is 9.60. The van der Waals surface area contributed by atoms with Crippen molar-refractivity contribution in [3.8, 4) is 5.75 Å². The number of Topliss-reactive ketones (excluding diaryl/α,β-unsaturated/α-hetero) is 2. The van der Waals surface area contributed by atoms with Crippen molar-refractivity contribution in [2.24, 2.45) is 17.6 Å². The quantitative estimate of drug-likeness (QED) is 0.310. The number of carbonyl (C=O) groups excluding carboxylic acids is 3. The summed E-state index contributed by atoms with van der Waals surface area (Å²) < 4.78 is 0. The molecule has 0 aliphatic heterocycles. The Morgan fingerprint density at radius 1 is 1.32 bits per heavy atom. The first-order valence-corrected chi connectivity index (χ1v) is 11.1. The van der Waals surface area contributed by atoms with Crippen molar-refractivity contribution < 1.29 is 34.8 Å². The Morgan fingerprint density at radius 2 is 2.00 bits per heavy atom. The molecule has 0 saturated heterocycles. The van der Waals surface area contributed by atoms with Gasteiger partial charge < -0.3 is 26.2 Å². The van der Waals surface area contributed by atoms with Gasteiger partial charge in [0.2, 0.25) is 5.78 Å². The number of rotatable bonds is 5. The van der Waals surface area contributed by atoms with Gasteiger partial charge >= 0.3 is 0 Å². The highest BCUT2D eigenvalue weighted by Gasteiger charge is 2.59. The van der Waals surface area contributed by atoms with E-state index in [9.17, 15) is 34.8 Å². The third-order valence-electron chi connectivity index (χ3n) is 6.97. The number of aliphatic hydroxyl groups is 3. The van der Waals surface area contributed by atoms with Crippen molar-refractivity contribution in [2.75, 3.05) is 13.6 Å². The first-order valence-electron chi connectivity index (χ1n) is 10.7. The fourth-order valence-electron chi connectivity index (χ4n) is 5.39. The Hall–Kier alpha value is -3.14. The van der Waals surface area contributed by atoms with E-state index in [2.05, 4.69) is 6.58 Å². The normalized spacial score (nSPS) is 26.4. The van der Waals surface area contributed by atoms with Crippen LogP contribution in [0.15, 0.2) is 41.4 Å². The summed E-state index contributed by atoms with van der Waals surface area (Å²) in [5, 5.41) is 43.7. The first kappa shape index (κ1) is 24.0. The number of nitrogens with zero attached hydrogens (tertiary/aromatic N) is 1. The van der Waals surface area contributed by atoms with Gasteiger partial charge in [0.1, 0.15) is 22.8 Å². The van der Waals surface area contributed by atoms with Gasteiger partial charge in [0.25, 0.3) is 5.91 Å². The first-order chi connectivity index (χ1) is 15.9. The Labute approximate surface area is 200 Å². The highest BCUT2D eigenvalue weighted by atomic mass is 35.5. The molecule has 4 rings (SSSR count). The van der Waals surface area contributed by atoms with Crippen molar-refractivity contribution in [3.63, 3.8) is 0 Å². The number of fused-ring (bicyclic) bond motifs is 3. The van der Waals surface area contributed by atoms with E-state index in [1.165, 1.54) is 0 Å². The van der Waals surface area contributed by atoms with E-state index in [1.54, 1.807) is 19.2 Å². The number of hydrogen-bond acceptors (Lipinski definition) is 8. The fraction of sp³-hybridized carbons (Fsp3) is 0.375. The molecule has 3 aliphatic rings. The van der Waals surface area contributed by atoms with E-state index in [0.29, 0.717) is 17.7 Å². The van der Waals surface area contributed by atoms with Crippen LogP contribution in [0.3, 0.4) is 0 Å². The number of aromatic hydroxyl groups is 1. The minimum atomic E-state index is -2.59. The number of hydrogen-bond donors (Lipinski definition) is 5. The summed E-state index contributed by atoms with van der Waals surface area (Å²) in [6.45, 7) is 4.46. The molecular weight excluding hydrogens is 464 g/mol. The smallest absolute Gasteiger partial charge is 0.255 e. The summed E-state index contributed by atoms with van der Waals surface area (Å²) >= 11 is 6.49. The van der Waals surface area contributed by atoms with Crippen LogP contribution >= 0.6 is 11.6 Å². The Kier molecular flexibility index (Phi) is 5.83. The van der Waals surface area contributed by atoms with E-state index < -0.39 is 52.0 Å². The lowest BCUT2D eigenvalue weighted by Gasteiger charge is -2.45. The maximum absolute atomic E-state index is 13.6. The summed E-state index contributed by atoms with van der Waals surface area (Å²) in [5.74, 6) is -6.59. The van der Waals surface area contributed by atoms with Gasteiger partial charge in [0.05, 0.1) is 5.56 Å². The highest BCUT2D eigenvalue weighted by molar-refractivity contribution is 6.33. The van der Waals surface area contributed by atoms with Crippen LogP contribution in [0.25, 0.3) is 0 Å². The third-order valence-corrected chi connectivity index (χ3v) is 7.30. The standard InChI is InChI=1S/C24H25ClN2O7/c1-3-4-27(2)9-11-7-14(25)13-6-10-5-12-8-15(28)18(23(26)33)22(32)24(12,34)21(31)16(10)20(30)17(13)19(11)29/h3,7,10,12,28-29,31,34H,1,4-6,8-9H2,2H3,(H2,26,33)/t10-,12+,24+/m1/s1. The van der Waals surface area contributed by atoms with Gasteiger partial charge in [-0.2, -0.15) is 0 Å². The van der Waals surface area contributed by atoms with E-state index in [1.807, 2.05) is 4.90 Å². The molecule has 1 amide bonds. The molecule has 3 atom stereocenters. The van der Waals surface area contributed by atoms with Crippen LogP contribution in [-0.4, -0.2) is 62.0 Å². The largest absolute Gasteiger partial charge is 0.511 e. The Balaban J connectivity index is 1.85. The molecule has 34 heavy (non-hydrogen) atoms. The van der Waals surface area contributed by atoms with Crippen LogP contribution in [0.2, 0.25) is 5.02 Å². The number of ketones is 2. The van der Waals surface area contributed by atoms with Crippen molar-refractivity contribution in [2.45, 2.75) is 31.4 Å². The zero-order valence-corrected chi connectivity index (χ0v) is 19.2. The van der Waals surface area contributed by atoms with Gasteiger partial charge in [-0.3, -0.25) is 19.3 Å². The number of likely N-dealkylation sites (N-methyl/N-ethyl adjacent to an activating group) is 1. The zero-order chi connectivity index (χ0) is 25.1. The van der Waals surface area contributed by atoms with Crippen LogP contribution in [0, 0.1) is 11.8 Å². The van der Waals surface area contributed by atoms with Gasteiger partial charge in [-0.1, -0.05) is 17.7 Å². The molecule has 3 aliphatic carbocycles. The number of benzene rings is 1. The Bertz CT molecular complexity index is 1220.